The molecular formula is C7H11NO4. The Hall–Kier alpha value is -1.10. The van der Waals surface area contributed by atoms with Gasteiger partial charge in [0.1, 0.15) is 6.04 Å². The summed E-state index contributed by atoms with van der Waals surface area (Å²) in [6.45, 7) is 0. The molecule has 3 atom stereocenters. The average molecular weight is 173 g/mol. The highest BCUT2D eigenvalue weighted by Gasteiger charge is 2.42. The van der Waals surface area contributed by atoms with E-state index in [4.69, 9.17) is 15.9 Å². The molecule has 1 rings (SSSR count). The second-order valence-corrected chi connectivity index (χ2v) is 3.05. The Bertz CT molecular complexity index is 199. The molecule has 12 heavy (non-hydrogen) atoms. The molecule has 0 aromatic rings. The molecule has 0 aromatic carbocycles. The monoisotopic (exact) mass is 173 g/mol. The van der Waals surface area contributed by atoms with Crippen LogP contribution in [0.5, 0.6) is 0 Å². The fourth-order valence-corrected chi connectivity index (χ4v) is 1.45. The number of hydrogen-bond donors (Lipinski definition) is 3. The summed E-state index contributed by atoms with van der Waals surface area (Å²) in [5.41, 5.74) is 5.29. The second-order valence-electron chi connectivity index (χ2n) is 3.05. The molecule has 0 saturated heterocycles. The molecule has 0 spiro atoms. The summed E-state index contributed by atoms with van der Waals surface area (Å²) in [5.74, 6) is -3.01. The molecule has 5 heteroatoms. The Labute approximate surface area is 69.2 Å². The van der Waals surface area contributed by atoms with Gasteiger partial charge in [-0.1, -0.05) is 0 Å². The van der Waals surface area contributed by atoms with E-state index in [1.807, 2.05) is 0 Å². The van der Waals surface area contributed by atoms with Crippen molar-refractivity contribution in [2.24, 2.45) is 17.6 Å². The topological polar surface area (TPSA) is 101 Å². The zero-order valence-corrected chi connectivity index (χ0v) is 6.43. The van der Waals surface area contributed by atoms with Crippen LogP contribution in [0, 0.1) is 11.8 Å². The number of rotatable bonds is 3. The van der Waals surface area contributed by atoms with Crippen LogP contribution in [-0.4, -0.2) is 28.2 Å². The highest BCUT2D eigenvalue weighted by atomic mass is 16.4. The minimum absolute atomic E-state index is 0.389. The van der Waals surface area contributed by atoms with E-state index in [1.54, 1.807) is 0 Å². The molecule has 1 aliphatic carbocycles. The number of carbonyl (C=O) groups is 2. The molecule has 0 aliphatic heterocycles. The van der Waals surface area contributed by atoms with Crippen molar-refractivity contribution in [3.8, 4) is 0 Å². The van der Waals surface area contributed by atoms with Gasteiger partial charge in [-0.05, 0) is 18.8 Å². The van der Waals surface area contributed by atoms with Gasteiger partial charge < -0.3 is 15.9 Å². The van der Waals surface area contributed by atoms with E-state index in [-0.39, 0.29) is 5.92 Å². The van der Waals surface area contributed by atoms with Crippen LogP contribution in [0.4, 0.5) is 0 Å². The molecule has 1 fully saturated rings. The molecule has 0 bridgehead atoms. The highest BCUT2D eigenvalue weighted by molar-refractivity contribution is 5.77. The van der Waals surface area contributed by atoms with Gasteiger partial charge in [0.05, 0.1) is 5.92 Å². The molecule has 1 saturated carbocycles. The largest absolute Gasteiger partial charge is 0.481 e. The fraction of sp³-hybridized carbons (Fsp3) is 0.714. The molecule has 0 heterocycles. The van der Waals surface area contributed by atoms with Crippen LogP contribution < -0.4 is 5.73 Å². The molecule has 5 nitrogen and oxygen atoms in total. The molecule has 0 aromatic heterocycles. The Morgan fingerprint density at radius 3 is 2.17 bits per heavy atom. The zero-order valence-electron chi connectivity index (χ0n) is 6.43. The quantitative estimate of drug-likeness (QED) is 0.534. The van der Waals surface area contributed by atoms with E-state index in [9.17, 15) is 9.59 Å². The van der Waals surface area contributed by atoms with Gasteiger partial charge in [0.25, 0.3) is 0 Å². The van der Waals surface area contributed by atoms with E-state index < -0.39 is 23.9 Å². The van der Waals surface area contributed by atoms with E-state index >= 15 is 0 Å². The lowest BCUT2D eigenvalue weighted by molar-refractivity contribution is -0.151. The SMILES string of the molecule is N[C@H](C(=O)O)[C@@H]1CC[C@@H]1C(=O)O. The maximum absolute atomic E-state index is 10.5. The Morgan fingerprint density at radius 1 is 1.33 bits per heavy atom. The van der Waals surface area contributed by atoms with Crippen LogP contribution in [0.15, 0.2) is 0 Å². The van der Waals surface area contributed by atoms with E-state index in [1.165, 1.54) is 0 Å². The molecule has 0 amide bonds. The lowest BCUT2D eigenvalue weighted by atomic mass is 9.70. The summed E-state index contributed by atoms with van der Waals surface area (Å²) in [6.07, 6.45) is 1.14. The zero-order chi connectivity index (χ0) is 9.30. The number of carboxylic acid groups (broad SMARTS) is 2. The summed E-state index contributed by atoms with van der Waals surface area (Å²) in [5, 5.41) is 17.1. The predicted molar refractivity (Wildman–Crippen MR) is 39.5 cm³/mol. The average Bonchev–Trinajstić information content (AvgIpc) is 1.82. The number of nitrogens with two attached hydrogens (primary N) is 1. The van der Waals surface area contributed by atoms with Crippen molar-refractivity contribution in [3.63, 3.8) is 0 Å². The summed E-state index contributed by atoms with van der Waals surface area (Å²) < 4.78 is 0. The third-order valence-corrected chi connectivity index (χ3v) is 2.39. The van der Waals surface area contributed by atoms with Crippen molar-refractivity contribution in [2.45, 2.75) is 18.9 Å². The Balaban J connectivity index is 2.54. The molecule has 0 unspecified atom stereocenters. The second kappa shape index (κ2) is 3.10. The van der Waals surface area contributed by atoms with Crippen LogP contribution in [0.2, 0.25) is 0 Å². The number of carboxylic acids is 2. The van der Waals surface area contributed by atoms with E-state index in [0.29, 0.717) is 12.8 Å². The van der Waals surface area contributed by atoms with Gasteiger partial charge in [0.15, 0.2) is 0 Å². The third kappa shape index (κ3) is 1.40. The van der Waals surface area contributed by atoms with Crippen LogP contribution in [0.3, 0.4) is 0 Å². The van der Waals surface area contributed by atoms with Crippen LogP contribution in [0.1, 0.15) is 12.8 Å². The van der Waals surface area contributed by atoms with Crippen molar-refractivity contribution in [1.29, 1.82) is 0 Å². The maximum Gasteiger partial charge on any atom is 0.320 e. The first-order valence-electron chi connectivity index (χ1n) is 3.75. The Morgan fingerprint density at radius 2 is 1.92 bits per heavy atom. The third-order valence-electron chi connectivity index (χ3n) is 2.39. The molecule has 1 aliphatic rings. The van der Waals surface area contributed by atoms with Gasteiger partial charge in [-0.15, -0.1) is 0 Å². The molecule has 4 N–H and O–H groups in total. The van der Waals surface area contributed by atoms with Crippen LogP contribution in [0.25, 0.3) is 0 Å². The first-order valence-corrected chi connectivity index (χ1v) is 3.75. The van der Waals surface area contributed by atoms with E-state index in [2.05, 4.69) is 0 Å². The van der Waals surface area contributed by atoms with Gasteiger partial charge in [-0.25, -0.2) is 0 Å². The summed E-state index contributed by atoms with van der Waals surface area (Å²) in [4.78, 5) is 20.9. The standard InChI is InChI=1S/C7H11NO4/c8-5(7(11)12)3-1-2-4(3)6(9)10/h3-5H,1-2,8H2,(H,9,10)(H,11,12)/t3-,4+,5+/m1/s1. The minimum Gasteiger partial charge on any atom is -0.481 e. The normalized spacial score (nSPS) is 30.4. The Kier molecular flexibility index (Phi) is 2.32. The van der Waals surface area contributed by atoms with Crippen LogP contribution >= 0.6 is 0 Å². The fourth-order valence-electron chi connectivity index (χ4n) is 1.45. The van der Waals surface area contributed by atoms with Crippen molar-refractivity contribution < 1.29 is 19.8 Å². The lowest BCUT2D eigenvalue weighted by Gasteiger charge is -2.35. The van der Waals surface area contributed by atoms with Crippen molar-refractivity contribution >= 4 is 11.9 Å². The van der Waals surface area contributed by atoms with Crippen molar-refractivity contribution in [1.82, 2.24) is 0 Å². The number of hydrogen-bond acceptors (Lipinski definition) is 3. The van der Waals surface area contributed by atoms with E-state index in [0.717, 1.165) is 0 Å². The predicted octanol–water partition coefficient (Wildman–Crippen LogP) is -0.491. The first-order chi connectivity index (χ1) is 5.54. The molecular weight excluding hydrogens is 162 g/mol. The first kappa shape index (κ1) is 8.99. The minimum atomic E-state index is -1.12. The van der Waals surface area contributed by atoms with Crippen molar-refractivity contribution in [2.75, 3.05) is 0 Å². The maximum atomic E-state index is 10.5. The van der Waals surface area contributed by atoms with Gasteiger partial charge in [0, 0.05) is 0 Å². The smallest absolute Gasteiger partial charge is 0.320 e. The van der Waals surface area contributed by atoms with Crippen molar-refractivity contribution in [3.05, 3.63) is 0 Å². The lowest BCUT2D eigenvalue weighted by Crippen LogP contribution is -2.48. The molecule has 68 valence electrons. The van der Waals surface area contributed by atoms with Crippen LogP contribution in [-0.2, 0) is 9.59 Å². The van der Waals surface area contributed by atoms with Gasteiger partial charge in [0.2, 0.25) is 0 Å². The molecule has 0 radical (unpaired) electrons. The van der Waals surface area contributed by atoms with Gasteiger partial charge in [-0.2, -0.15) is 0 Å². The van der Waals surface area contributed by atoms with Gasteiger partial charge in [-0.3, -0.25) is 9.59 Å². The summed E-state index contributed by atoms with van der Waals surface area (Å²) >= 11 is 0. The number of aliphatic carboxylic acids is 2. The highest BCUT2D eigenvalue weighted by Crippen LogP contribution is 2.36. The summed E-state index contributed by atoms with van der Waals surface area (Å²) in [6, 6.07) is -1.03. The summed E-state index contributed by atoms with van der Waals surface area (Å²) in [7, 11) is 0. The van der Waals surface area contributed by atoms with Gasteiger partial charge >= 0.3 is 11.9 Å².